The van der Waals surface area contributed by atoms with Crippen molar-refractivity contribution < 1.29 is 8.42 Å². The van der Waals surface area contributed by atoms with Gasteiger partial charge in [-0.1, -0.05) is 27.5 Å². The summed E-state index contributed by atoms with van der Waals surface area (Å²) in [6.45, 7) is 5.26. The van der Waals surface area contributed by atoms with Crippen LogP contribution < -0.4 is 0 Å². The highest BCUT2D eigenvalue weighted by Crippen LogP contribution is 2.23. The van der Waals surface area contributed by atoms with Crippen molar-refractivity contribution in [1.82, 2.24) is 4.90 Å². The fourth-order valence-electron chi connectivity index (χ4n) is 1.69. The van der Waals surface area contributed by atoms with Crippen LogP contribution in [0.3, 0.4) is 0 Å². The molecule has 0 atom stereocenters. The summed E-state index contributed by atoms with van der Waals surface area (Å²) in [5, 5.41) is 0.702. The van der Waals surface area contributed by atoms with Crippen LogP contribution in [0.25, 0.3) is 0 Å². The standard InChI is InChI=1S/C13H19BrClNO2S/c1-10(2)16(6-7-19(3,17)18)9-11-8-12(14)4-5-13(11)15/h4-5,8,10H,6-7,9H2,1-3H3. The Morgan fingerprint density at radius 1 is 1.37 bits per heavy atom. The van der Waals surface area contributed by atoms with Gasteiger partial charge in [0.25, 0.3) is 0 Å². The molecule has 108 valence electrons. The average Bonchev–Trinajstić information content (AvgIpc) is 2.27. The first-order valence-electron chi connectivity index (χ1n) is 6.05. The Kier molecular flexibility index (Phi) is 6.30. The second-order valence-corrected chi connectivity index (χ2v) is 8.51. The van der Waals surface area contributed by atoms with Gasteiger partial charge in [0.15, 0.2) is 0 Å². The van der Waals surface area contributed by atoms with Crippen molar-refractivity contribution in [2.75, 3.05) is 18.6 Å². The minimum absolute atomic E-state index is 0.163. The molecule has 6 heteroatoms. The lowest BCUT2D eigenvalue weighted by atomic mass is 10.2. The number of rotatable bonds is 6. The van der Waals surface area contributed by atoms with Crippen molar-refractivity contribution in [2.24, 2.45) is 0 Å². The molecule has 0 aliphatic heterocycles. The fraction of sp³-hybridized carbons (Fsp3) is 0.538. The van der Waals surface area contributed by atoms with Crippen molar-refractivity contribution >= 4 is 37.4 Å². The summed E-state index contributed by atoms with van der Waals surface area (Å²) >= 11 is 9.59. The summed E-state index contributed by atoms with van der Waals surface area (Å²) in [4.78, 5) is 2.11. The first-order chi connectivity index (χ1) is 8.69. The number of hydrogen-bond donors (Lipinski definition) is 0. The number of nitrogens with zero attached hydrogens (tertiary/aromatic N) is 1. The van der Waals surface area contributed by atoms with Gasteiger partial charge in [-0.05, 0) is 37.6 Å². The van der Waals surface area contributed by atoms with Crippen LogP contribution in [-0.4, -0.2) is 37.9 Å². The zero-order chi connectivity index (χ0) is 14.6. The SMILES string of the molecule is CC(C)N(CCS(C)(=O)=O)Cc1cc(Br)ccc1Cl. The van der Waals surface area contributed by atoms with E-state index in [0.29, 0.717) is 18.1 Å². The van der Waals surface area contributed by atoms with E-state index >= 15 is 0 Å². The molecule has 0 radical (unpaired) electrons. The van der Waals surface area contributed by atoms with Gasteiger partial charge >= 0.3 is 0 Å². The van der Waals surface area contributed by atoms with Crippen LogP contribution >= 0.6 is 27.5 Å². The normalized spacial score (nSPS) is 12.4. The Hall–Kier alpha value is -0.100. The summed E-state index contributed by atoms with van der Waals surface area (Å²) in [5.41, 5.74) is 0.998. The number of halogens is 2. The maximum atomic E-state index is 11.3. The lowest BCUT2D eigenvalue weighted by Crippen LogP contribution is -2.34. The number of sulfone groups is 1. The van der Waals surface area contributed by atoms with Crippen LogP contribution in [0.15, 0.2) is 22.7 Å². The van der Waals surface area contributed by atoms with Crippen LogP contribution in [0.5, 0.6) is 0 Å². The molecule has 3 nitrogen and oxygen atoms in total. The van der Waals surface area contributed by atoms with Gasteiger partial charge in [-0.25, -0.2) is 8.42 Å². The molecule has 0 saturated heterocycles. The predicted octanol–water partition coefficient (Wildman–Crippen LogP) is 3.36. The van der Waals surface area contributed by atoms with Gasteiger partial charge in [-0.3, -0.25) is 4.90 Å². The van der Waals surface area contributed by atoms with E-state index in [1.54, 1.807) is 0 Å². The summed E-state index contributed by atoms with van der Waals surface area (Å²) in [6, 6.07) is 5.97. The van der Waals surface area contributed by atoms with Gasteiger partial charge in [0.1, 0.15) is 9.84 Å². The third-order valence-corrected chi connectivity index (χ3v) is 4.65. The highest BCUT2D eigenvalue weighted by atomic mass is 79.9. The highest BCUT2D eigenvalue weighted by Gasteiger charge is 2.14. The van der Waals surface area contributed by atoms with Crippen molar-refractivity contribution in [2.45, 2.75) is 26.4 Å². The van der Waals surface area contributed by atoms with E-state index in [2.05, 4.69) is 20.8 Å². The fourth-order valence-corrected chi connectivity index (χ4v) is 2.84. The van der Waals surface area contributed by atoms with E-state index in [4.69, 9.17) is 11.6 Å². The Bertz CT molecular complexity index is 531. The van der Waals surface area contributed by atoms with Crippen LogP contribution in [0, 0.1) is 0 Å². The quantitative estimate of drug-likeness (QED) is 0.772. The molecule has 0 spiro atoms. The van der Waals surface area contributed by atoms with E-state index in [-0.39, 0.29) is 11.8 Å². The highest BCUT2D eigenvalue weighted by molar-refractivity contribution is 9.10. The van der Waals surface area contributed by atoms with Gasteiger partial charge in [-0.15, -0.1) is 0 Å². The van der Waals surface area contributed by atoms with Gasteiger partial charge in [0.05, 0.1) is 5.75 Å². The molecule has 0 aliphatic carbocycles. The van der Waals surface area contributed by atoms with Gasteiger partial charge < -0.3 is 0 Å². The smallest absolute Gasteiger partial charge is 0.148 e. The molecule has 0 aliphatic rings. The van der Waals surface area contributed by atoms with Crippen LogP contribution in [0.4, 0.5) is 0 Å². The average molecular weight is 369 g/mol. The van der Waals surface area contributed by atoms with E-state index in [1.807, 2.05) is 32.0 Å². The molecule has 0 unspecified atom stereocenters. The minimum atomic E-state index is -2.95. The predicted molar refractivity (Wildman–Crippen MR) is 84.4 cm³/mol. The molecule has 0 fully saturated rings. The van der Waals surface area contributed by atoms with E-state index < -0.39 is 9.84 Å². The topological polar surface area (TPSA) is 37.4 Å². The van der Waals surface area contributed by atoms with Crippen LogP contribution in [-0.2, 0) is 16.4 Å². The molecule has 1 aromatic rings. The summed E-state index contributed by atoms with van der Waals surface area (Å²) in [7, 11) is -2.95. The second kappa shape index (κ2) is 7.07. The molecule has 1 rings (SSSR count). The largest absolute Gasteiger partial charge is 0.296 e. The van der Waals surface area contributed by atoms with Gasteiger partial charge in [0.2, 0.25) is 0 Å². The lowest BCUT2D eigenvalue weighted by molar-refractivity contribution is 0.226. The maximum Gasteiger partial charge on any atom is 0.148 e. The summed E-state index contributed by atoms with van der Waals surface area (Å²) in [6.07, 6.45) is 1.26. The molecular weight excluding hydrogens is 350 g/mol. The summed E-state index contributed by atoms with van der Waals surface area (Å²) < 4.78 is 23.5. The van der Waals surface area contributed by atoms with Crippen LogP contribution in [0.1, 0.15) is 19.4 Å². The Morgan fingerprint density at radius 3 is 2.53 bits per heavy atom. The summed E-state index contributed by atoms with van der Waals surface area (Å²) in [5.74, 6) is 0.163. The monoisotopic (exact) mass is 367 g/mol. The molecule has 0 saturated carbocycles. The molecule has 19 heavy (non-hydrogen) atoms. The van der Waals surface area contributed by atoms with E-state index in [9.17, 15) is 8.42 Å². The third-order valence-electron chi connectivity index (χ3n) is 2.86. The van der Waals surface area contributed by atoms with Gasteiger partial charge in [-0.2, -0.15) is 0 Å². The van der Waals surface area contributed by atoms with Crippen molar-refractivity contribution in [1.29, 1.82) is 0 Å². The maximum absolute atomic E-state index is 11.3. The number of hydrogen-bond acceptors (Lipinski definition) is 3. The first kappa shape index (κ1) is 17.0. The van der Waals surface area contributed by atoms with E-state index in [1.165, 1.54) is 6.26 Å². The van der Waals surface area contributed by atoms with Gasteiger partial charge in [0, 0.05) is 34.9 Å². The second-order valence-electron chi connectivity index (χ2n) is 4.93. The van der Waals surface area contributed by atoms with E-state index in [0.717, 1.165) is 10.0 Å². The molecule has 0 heterocycles. The molecule has 1 aromatic carbocycles. The number of benzene rings is 1. The van der Waals surface area contributed by atoms with Crippen molar-refractivity contribution in [3.63, 3.8) is 0 Å². The Labute approximate surface area is 129 Å². The first-order valence-corrected chi connectivity index (χ1v) is 9.28. The molecule has 0 aromatic heterocycles. The van der Waals surface area contributed by atoms with Crippen molar-refractivity contribution in [3.8, 4) is 0 Å². The molecule has 0 amide bonds. The zero-order valence-corrected chi connectivity index (χ0v) is 14.5. The molecule has 0 bridgehead atoms. The minimum Gasteiger partial charge on any atom is -0.296 e. The Morgan fingerprint density at radius 2 is 2.00 bits per heavy atom. The molecular formula is C13H19BrClNO2S. The third kappa shape index (κ3) is 6.25. The Balaban J connectivity index is 2.81. The zero-order valence-electron chi connectivity index (χ0n) is 11.4. The van der Waals surface area contributed by atoms with Crippen LogP contribution in [0.2, 0.25) is 5.02 Å². The lowest BCUT2D eigenvalue weighted by Gasteiger charge is -2.26. The van der Waals surface area contributed by atoms with Crippen molar-refractivity contribution in [3.05, 3.63) is 33.3 Å². The molecule has 0 N–H and O–H groups in total.